The molecule has 0 N–H and O–H groups in total. The van der Waals surface area contributed by atoms with E-state index in [1.807, 2.05) is 0 Å². The molecule has 0 amide bonds. The van der Waals surface area contributed by atoms with E-state index in [0.29, 0.717) is 0 Å². The first kappa shape index (κ1) is 35.0. The van der Waals surface area contributed by atoms with E-state index in [1.165, 1.54) is 104 Å². The van der Waals surface area contributed by atoms with Crippen molar-refractivity contribution in [1.82, 2.24) is 0 Å². The molecule has 4 heteroatoms. The number of nitrogens with zero attached hydrogens (tertiary/aromatic N) is 2. The maximum atomic E-state index is 6.77. The minimum absolute atomic E-state index is 0.00135. The largest absolute Gasteiger partial charge is 0.456 e. The topological polar surface area (TPSA) is 19.6 Å². The molecule has 0 radical (unpaired) electrons. The number of aryl methyl sites for hydroxylation is 1. The lowest BCUT2D eigenvalue weighted by molar-refractivity contribution is 0.199. The zero-order chi connectivity index (χ0) is 39.4. The van der Waals surface area contributed by atoms with Crippen LogP contribution in [0, 0.1) is 6.92 Å². The molecule has 2 unspecified atom stereocenters. The van der Waals surface area contributed by atoms with Gasteiger partial charge in [0.15, 0.2) is 0 Å². The van der Waals surface area contributed by atoms with Crippen molar-refractivity contribution < 1.29 is 4.42 Å². The van der Waals surface area contributed by atoms with E-state index in [1.54, 1.807) is 5.56 Å². The van der Waals surface area contributed by atoms with Crippen molar-refractivity contribution >= 4 is 62.5 Å². The Labute approximate surface area is 338 Å². The molecule has 0 spiro atoms. The summed E-state index contributed by atoms with van der Waals surface area (Å²) in [5, 5.41) is 2.33. The van der Waals surface area contributed by atoms with Crippen LogP contribution in [-0.2, 0) is 16.2 Å². The lowest BCUT2D eigenvalue weighted by Crippen LogP contribution is -2.70. The molecule has 0 saturated heterocycles. The Hall–Kier alpha value is -5.22. The highest BCUT2D eigenvalue weighted by Gasteiger charge is 2.63. The number of hydrogen-bond donors (Lipinski definition) is 0. The Morgan fingerprint density at radius 3 is 2.11 bits per heavy atom. The van der Waals surface area contributed by atoms with Crippen molar-refractivity contribution in [1.29, 1.82) is 0 Å². The van der Waals surface area contributed by atoms with Crippen molar-refractivity contribution in [2.24, 2.45) is 0 Å². The Morgan fingerprint density at radius 2 is 1.33 bits per heavy atom. The van der Waals surface area contributed by atoms with Crippen molar-refractivity contribution in [2.45, 2.75) is 110 Å². The van der Waals surface area contributed by atoms with Gasteiger partial charge in [-0.3, -0.25) is 0 Å². The second-order valence-electron chi connectivity index (χ2n) is 20.2. The van der Waals surface area contributed by atoms with Gasteiger partial charge in [-0.25, -0.2) is 0 Å². The van der Waals surface area contributed by atoms with Crippen LogP contribution in [0.5, 0.6) is 0 Å². The summed E-state index contributed by atoms with van der Waals surface area (Å²) in [5.74, 6) is 0. The molecule has 1 aliphatic carbocycles. The molecule has 57 heavy (non-hydrogen) atoms. The van der Waals surface area contributed by atoms with Crippen LogP contribution in [0.1, 0.15) is 103 Å². The summed E-state index contributed by atoms with van der Waals surface area (Å²) in [4.78, 5) is 5.57. The number of rotatable bonds is 2. The highest BCUT2D eigenvalue weighted by Crippen LogP contribution is 2.63. The predicted molar refractivity (Wildman–Crippen MR) is 243 cm³/mol. The summed E-state index contributed by atoms with van der Waals surface area (Å²) in [5.41, 5.74) is 20.7. The van der Waals surface area contributed by atoms with Gasteiger partial charge in [-0.05, 0) is 124 Å². The summed E-state index contributed by atoms with van der Waals surface area (Å²) < 4.78 is 6.77. The summed E-state index contributed by atoms with van der Waals surface area (Å²) >= 11 is 0. The third-order valence-corrected chi connectivity index (χ3v) is 14.7. The molecule has 284 valence electrons. The molecular formula is C53H53BN2O. The van der Waals surface area contributed by atoms with Gasteiger partial charge in [-0.15, -0.1) is 0 Å². The molecule has 3 nitrogen and oxygen atoms in total. The van der Waals surface area contributed by atoms with Crippen LogP contribution in [0.25, 0.3) is 44.2 Å². The van der Waals surface area contributed by atoms with E-state index in [0.717, 1.165) is 16.6 Å². The Morgan fingerprint density at radius 1 is 0.614 bits per heavy atom. The van der Waals surface area contributed by atoms with Crippen LogP contribution < -0.4 is 20.6 Å². The average molecular weight is 745 g/mol. The van der Waals surface area contributed by atoms with Crippen LogP contribution in [0.15, 0.2) is 114 Å². The fourth-order valence-corrected chi connectivity index (χ4v) is 11.4. The van der Waals surface area contributed by atoms with Crippen molar-refractivity contribution in [3.05, 3.63) is 131 Å². The van der Waals surface area contributed by atoms with Crippen LogP contribution in [0.4, 0.5) is 22.7 Å². The van der Waals surface area contributed by atoms with Crippen molar-refractivity contribution in [2.75, 3.05) is 9.71 Å². The van der Waals surface area contributed by atoms with E-state index in [2.05, 4.69) is 181 Å². The van der Waals surface area contributed by atoms with Crippen LogP contribution in [0.3, 0.4) is 0 Å². The van der Waals surface area contributed by atoms with Gasteiger partial charge in [0.2, 0.25) is 0 Å². The first-order valence-electron chi connectivity index (χ1n) is 21.3. The maximum absolute atomic E-state index is 6.77. The quantitative estimate of drug-likeness (QED) is 0.164. The van der Waals surface area contributed by atoms with E-state index in [9.17, 15) is 0 Å². The monoisotopic (exact) mass is 744 g/mol. The molecule has 1 aromatic heterocycles. The average Bonchev–Trinajstić information content (AvgIpc) is 3.64. The molecule has 7 aromatic rings. The molecule has 4 aliphatic rings. The summed E-state index contributed by atoms with van der Waals surface area (Å²) in [6.07, 6.45) is 4.90. The fraction of sp³-hybridized carbons (Fsp3) is 0.321. The van der Waals surface area contributed by atoms with Gasteiger partial charge in [0.1, 0.15) is 11.2 Å². The van der Waals surface area contributed by atoms with E-state index >= 15 is 0 Å². The standard InChI is InChI=1S/C53H53BN2O/c1-32-25-39-40-28-35(51(5,6)7)29-41-49(40)56(53(9)24-16-15-23-52(41,53)8)54-42-31-47-38(36-19-13-14-20-46(36)57-47)30-44(42)55(45(26-32)48(39)54)43-22-21-34(50(2,3)4)27-37(43)33-17-11-10-12-18-33/h10-14,17-22,25-31H,15-16,23-24H2,1-9H3. The van der Waals surface area contributed by atoms with Crippen LogP contribution in [0.2, 0.25) is 0 Å². The molecule has 3 aliphatic heterocycles. The zero-order valence-electron chi connectivity index (χ0n) is 35.1. The molecule has 1 saturated carbocycles. The fourth-order valence-electron chi connectivity index (χ4n) is 11.4. The molecule has 4 heterocycles. The summed E-state index contributed by atoms with van der Waals surface area (Å²) in [6.45, 7) is 21.7. The molecule has 1 fully saturated rings. The van der Waals surface area contributed by atoms with Crippen LogP contribution >= 0.6 is 0 Å². The SMILES string of the molecule is Cc1cc2c3c(c1)N(c1ccc(C(C)(C)C)cc1-c1ccccc1)c1cc4c(cc1B3N1c3c-2cc(C(C)(C)C)cc3C2(C)CCCCC12C)oc1ccccc14. The van der Waals surface area contributed by atoms with E-state index in [-0.39, 0.29) is 28.6 Å². The van der Waals surface area contributed by atoms with Crippen molar-refractivity contribution in [3.8, 4) is 22.3 Å². The van der Waals surface area contributed by atoms with Crippen LogP contribution in [-0.4, -0.2) is 12.4 Å². The highest BCUT2D eigenvalue weighted by atomic mass is 16.3. The normalized spacial score (nSPS) is 20.8. The number of hydrogen-bond acceptors (Lipinski definition) is 3. The third-order valence-electron chi connectivity index (χ3n) is 14.7. The molecule has 0 bridgehead atoms. The summed E-state index contributed by atoms with van der Waals surface area (Å²) in [7, 11) is 0. The Kier molecular flexibility index (Phi) is 7.04. The number of benzene rings is 6. The van der Waals surface area contributed by atoms with Gasteiger partial charge in [0.05, 0.1) is 5.69 Å². The first-order valence-corrected chi connectivity index (χ1v) is 21.3. The highest BCUT2D eigenvalue weighted by molar-refractivity contribution is 6.93. The predicted octanol–water partition coefficient (Wildman–Crippen LogP) is 13.1. The van der Waals surface area contributed by atoms with Crippen molar-refractivity contribution in [3.63, 3.8) is 0 Å². The van der Waals surface area contributed by atoms with Gasteiger partial charge in [-0.2, -0.15) is 0 Å². The first-order chi connectivity index (χ1) is 27.2. The smallest absolute Gasteiger partial charge is 0.329 e. The van der Waals surface area contributed by atoms with E-state index in [4.69, 9.17) is 4.42 Å². The molecule has 2 atom stereocenters. The second kappa shape index (κ2) is 11.5. The minimum Gasteiger partial charge on any atom is -0.456 e. The van der Waals surface area contributed by atoms with Gasteiger partial charge in [0.25, 0.3) is 0 Å². The molecular weight excluding hydrogens is 691 g/mol. The minimum atomic E-state index is -0.0603. The number of fused-ring (bicyclic) bond motifs is 10. The molecule has 11 rings (SSSR count). The van der Waals surface area contributed by atoms with Gasteiger partial charge in [0, 0.05) is 49.9 Å². The van der Waals surface area contributed by atoms with Gasteiger partial charge < -0.3 is 14.1 Å². The number of anilines is 4. The van der Waals surface area contributed by atoms with Gasteiger partial charge in [-0.1, -0.05) is 128 Å². The number of furan rings is 1. The lowest BCUT2D eigenvalue weighted by atomic mass is 9.42. The zero-order valence-corrected chi connectivity index (χ0v) is 35.1. The Balaban J connectivity index is 1.30. The number of para-hydroxylation sites is 1. The Bertz CT molecular complexity index is 2840. The second-order valence-corrected chi connectivity index (χ2v) is 20.2. The van der Waals surface area contributed by atoms with Gasteiger partial charge >= 0.3 is 6.85 Å². The lowest BCUT2D eigenvalue weighted by Gasteiger charge is -2.55. The van der Waals surface area contributed by atoms with E-state index < -0.39 is 0 Å². The molecule has 6 aromatic carbocycles. The third kappa shape index (κ3) is 4.68. The maximum Gasteiger partial charge on any atom is 0.329 e. The summed E-state index contributed by atoms with van der Waals surface area (Å²) in [6, 6.07) is 41.9.